The Kier molecular flexibility index (Phi) is 4.21. The number of aromatic nitrogens is 1. The molecule has 4 heteroatoms. The van der Waals surface area contributed by atoms with Gasteiger partial charge in [-0.1, -0.05) is 35.0 Å². The number of carbonyl (C=O) groups excluding carboxylic acids is 1. The minimum atomic E-state index is -0.527. The number of benzene rings is 2. The van der Waals surface area contributed by atoms with E-state index >= 15 is 0 Å². The van der Waals surface area contributed by atoms with Crippen molar-refractivity contribution in [3.05, 3.63) is 70.4 Å². The normalized spacial score (nSPS) is 10.7. The fourth-order valence-corrected chi connectivity index (χ4v) is 2.47. The van der Waals surface area contributed by atoms with Gasteiger partial charge in [0, 0.05) is 11.6 Å². The Bertz CT molecular complexity index is 909. The molecule has 1 heterocycles. The van der Waals surface area contributed by atoms with Crippen LogP contribution >= 0.6 is 0 Å². The van der Waals surface area contributed by atoms with Crippen molar-refractivity contribution in [2.45, 2.75) is 27.7 Å². The summed E-state index contributed by atoms with van der Waals surface area (Å²) in [7, 11) is 0. The molecule has 4 nitrogen and oxygen atoms in total. The molecule has 0 saturated carbocycles. The Hall–Kier alpha value is -2.88. The molecule has 0 aliphatic carbocycles. The van der Waals surface area contributed by atoms with Gasteiger partial charge in [-0.15, -0.1) is 0 Å². The zero-order chi connectivity index (χ0) is 17.3. The van der Waals surface area contributed by atoms with Gasteiger partial charge < -0.3 is 9.26 Å². The van der Waals surface area contributed by atoms with Gasteiger partial charge in [0.1, 0.15) is 5.75 Å². The van der Waals surface area contributed by atoms with E-state index in [1.165, 1.54) is 5.56 Å². The second kappa shape index (κ2) is 6.32. The number of carbonyl (C=O) groups is 1. The first-order chi connectivity index (χ1) is 11.4. The van der Waals surface area contributed by atoms with Gasteiger partial charge in [0.05, 0.1) is 0 Å². The van der Waals surface area contributed by atoms with Crippen LogP contribution in [0.2, 0.25) is 0 Å². The van der Waals surface area contributed by atoms with Crippen molar-refractivity contribution < 1.29 is 14.1 Å². The molecule has 0 aliphatic rings. The monoisotopic (exact) mass is 321 g/mol. The molecule has 0 atom stereocenters. The summed E-state index contributed by atoms with van der Waals surface area (Å²) in [6.07, 6.45) is 0. The number of hydrogen-bond donors (Lipinski definition) is 0. The molecular formula is C20H19NO3. The predicted octanol–water partition coefficient (Wildman–Crippen LogP) is 4.79. The highest BCUT2D eigenvalue weighted by Crippen LogP contribution is 2.24. The molecule has 3 rings (SSSR count). The number of hydrogen-bond acceptors (Lipinski definition) is 4. The van der Waals surface area contributed by atoms with Crippen molar-refractivity contribution in [2.75, 3.05) is 0 Å². The smallest absolute Gasteiger partial charge is 0.365 e. The van der Waals surface area contributed by atoms with Crippen molar-refractivity contribution in [2.24, 2.45) is 0 Å². The summed E-state index contributed by atoms with van der Waals surface area (Å²) in [6, 6.07) is 13.2. The summed E-state index contributed by atoms with van der Waals surface area (Å²) in [5, 5.41) is 3.84. The fourth-order valence-electron chi connectivity index (χ4n) is 2.47. The summed E-state index contributed by atoms with van der Waals surface area (Å²) in [5.74, 6) is 0.549. The molecule has 2 aromatic carbocycles. The van der Waals surface area contributed by atoms with E-state index in [0.717, 1.165) is 22.3 Å². The Morgan fingerprint density at radius 1 is 0.917 bits per heavy atom. The van der Waals surface area contributed by atoms with E-state index in [2.05, 4.69) is 5.16 Å². The second-order valence-corrected chi connectivity index (χ2v) is 6.03. The van der Waals surface area contributed by atoms with Crippen LogP contribution < -0.4 is 4.74 Å². The third kappa shape index (κ3) is 3.23. The van der Waals surface area contributed by atoms with Crippen LogP contribution in [0.1, 0.15) is 32.7 Å². The van der Waals surface area contributed by atoms with Crippen molar-refractivity contribution in [3.8, 4) is 17.1 Å². The van der Waals surface area contributed by atoms with Crippen LogP contribution in [-0.4, -0.2) is 11.1 Å². The number of esters is 1. The molecule has 0 saturated heterocycles. The SMILES string of the molecule is Cc1ccc(OC(=O)c2cc(-c3ccc(C)c(C)c3)on2)c(C)c1. The van der Waals surface area contributed by atoms with E-state index in [1.54, 1.807) is 12.1 Å². The molecule has 122 valence electrons. The highest BCUT2D eigenvalue weighted by molar-refractivity contribution is 5.90. The van der Waals surface area contributed by atoms with Crippen molar-refractivity contribution in [1.82, 2.24) is 5.16 Å². The first-order valence-corrected chi connectivity index (χ1v) is 7.78. The summed E-state index contributed by atoms with van der Waals surface area (Å²) in [5.41, 5.74) is 5.42. The van der Waals surface area contributed by atoms with Gasteiger partial charge in [0.25, 0.3) is 0 Å². The molecule has 0 fully saturated rings. The lowest BCUT2D eigenvalue weighted by molar-refractivity contribution is 0.0722. The fraction of sp³-hybridized carbons (Fsp3) is 0.200. The lowest BCUT2D eigenvalue weighted by Crippen LogP contribution is -2.09. The van der Waals surface area contributed by atoms with E-state index in [-0.39, 0.29) is 5.69 Å². The van der Waals surface area contributed by atoms with E-state index in [0.29, 0.717) is 11.5 Å². The van der Waals surface area contributed by atoms with Crippen LogP contribution in [0.15, 0.2) is 47.0 Å². The van der Waals surface area contributed by atoms with Crippen molar-refractivity contribution in [1.29, 1.82) is 0 Å². The van der Waals surface area contributed by atoms with Gasteiger partial charge in [0.2, 0.25) is 0 Å². The number of rotatable bonds is 3. The van der Waals surface area contributed by atoms with Crippen LogP contribution in [0.3, 0.4) is 0 Å². The van der Waals surface area contributed by atoms with E-state index in [1.807, 2.05) is 58.0 Å². The lowest BCUT2D eigenvalue weighted by Gasteiger charge is -2.06. The molecule has 0 bridgehead atoms. The van der Waals surface area contributed by atoms with Gasteiger partial charge in [-0.2, -0.15) is 0 Å². The molecule has 24 heavy (non-hydrogen) atoms. The molecule has 0 amide bonds. The van der Waals surface area contributed by atoms with Gasteiger partial charge >= 0.3 is 5.97 Å². The van der Waals surface area contributed by atoms with Gasteiger partial charge in [-0.3, -0.25) is 0 Å². The summed E-state index contributed by atoms with van der Waals surface area (Å²) in [6.45, 7) is 7.97. The molecule has 0 N–H and O–H groups in total. The van der Waals surface area contributed by atoms with Gasteiger partial charge in [-0.05, 0) is 56.5 Å². The zero-order valence-corrected chi connectivity index (χ0v) is 14.2. The third-order valence-corrected chi connectivity index (χ3v) is 4.04. The van der Waals surface area contributed by atoms with E-state index < -0.39 is 5.97 Å². The quantitative estimate of drug-likeness (QED) is 0.514. The molecule has 0 unspecified atom stereocenters. The highest BCUT2D eigenvalue weighted by Gasteiger charge is 2.17. The Morgan fingerprint density at radius 3 is 2.42 bits per heavy atom. The predicted molar refractivity (Wildman–Crippen MR) is 92.3 cm³/mol. The molecule has 0 radical (unpaired) electrons. The standard InChI is InChI=1S/C20H19NO3/c1-12-5-8-18(15(4)9-12)23-20(22)17-11-19(24-21-17)16-7-6-13(2)14(3)10-16/h5-11H,1-4H3. The van der Waals surface area contributed by atoms with Gasteiger partial charge in [-0.25, -0.2) is 4.79 Å². The largest absolute Gasteiger partial charge is 0.421 e. The third-order valence-electron chi connectivity index (χ3n) is 4.04. The summed E-state index contributed by atoms with van der Waals surface area (Å²) in [4.78, 5) is 12.3. The van der Waals surface area contributed by atoms with Crippen LogP contribution in [0.5, 0.6) is 5.75 Å². The molecule has 1 aromatic heterocycles. The zero-order valence-electron chi connectivity index (χ0n) is 14.2. The molecule has 3 aromatic rings. The number of aryl methyl sites for hydroxylation is 4. The van der Waals surface area contributed by atoms with Crippen LogP contribution in [0.4, 0.5) is 0 Å². The second-order valence-electron chi connectivity index (χ2n) is 6.03. The van der Waals surface area contributed by atoms with E-state index in [9.17, 15) is 4.79 Å². The highest BCUT2D eigenvalue weighted by atomic mass is 16.5. The van der Waals surface area contributed by atoms with E-state index in [4.69, 9.17) is 9.26 Å². The number of ether oxygens (including phenoxy) is 1. The van der Waals surface area contributed by atoms with Crippen LogP contribution in [0, 0.1) is 27.7 Å². The Morgan fingerprint density at radius 2 is 1.71 bits per heavy atom. The minimum Gasteiger partial charge on any atom is -0.421 e. The van der Waals surface area contributed by atoms with Crippen LogP contribution in [-0.2, 0) is 0 Å². The van der Waals surface area contributed by atoms with Gasteiger partial charge in [0.15, 0.2) is 11.5 Å². The lowest BCUT2D eigenvalue weighted by atomic mass is 10.0. The Labute approximate surface area is 141 Å². The molecule has 0 aliphatic heterocycles. The van der Waals surface area contributed by atoms with Crippen LogP contribution in [0.25, 0.3) is 11.3 Å². The topological polar surface area (TPSA) is 52.3 Å². The Balaban J connectivity index is 1.82. The van der Waals surface area contributed by atoms with Crippen molar-refractivity contribution in [3.63, 3.8) is 0 Å². The maximum Gasteiger partial charge on any atom is 0.365 e. The average Bonchev–Trinajstić information content (AvgIpc) is 3.03. The van der Waals surface area contributed by atoms with Crippen molar-refractivity contribution >= 4 is 5.97 Å². The summed E-state index contributed by atoms with van der Waals surface area (Å²) < 4.78 is 10.7. The first kappa shape index (κ1) is 16.0. The summed E-state index contributed by atoms with van der Waals surface area (Å²) >= 11 is 0. The average molecular weight is 321 g/mol. The molecular weight excluding hydrogens is 302 g/mol. The maximum atomic E-state index is 12.3. The first-order valence-electron chi connectivity index (χ1n) is 7.78. The minimum absolute atomic E-state index is 0.156. The number of nitrogens with zero attached hydrogens (tertiary/aromatic N) is 1. The maximum absolute atomic E-state index is 12.3. The molecule has 0 spiro atoms.